The standard InChI is InChI=1S/C13H19FN2O2S.ClH/c1-10-3-2-8-16(13(10)9-15)19(17,18)12-6-4-11(14)5-7-12;/h4-7,10,13H,2-3,8-9,15H2,1H3;1H. The topological polar surface area (TPSA) is 63.4 Å². The maximum Gasteiger partial charge on any atom is 0.243 e. The molecular weight excluding hydrogens is 303 g/mol. The normalized spacial score (nSPS) is 24.1. The minimum Gasteiger partial charge on any atom is -0.329 e. The van der Waals surface area contributed by atoms with Crippen molar-refractivity contribution in [1.82, 2.24) is 4.31 Å². The van der Waals surface area contributed by atoms with Crippen LogP contribution < -0.4 is 5.73 Å². The highest BCUT2D eigenvalue weighted by Gasteiger charge is 2.36. The number of hydrogen-bond acceptors (Lipinski definition) is 3. The van der Waals surface area contributed by atoms with Crippen LogP contribution in [0.25, 0.3) is 0 Å². The fourth-order valence-corrected chi connectivity index (χ4v) is 4.37. The highest BCUT2D eigenvalue weighted by molar-refractivity contribution is 7.89. The average molecular weight is 323 g/mol. The van der Waals surface area contributed by atoms with Crippen molar-refractivity contribution in [3.63, 3.8) is 0 Å². The Balaban J connectivity index is 0.00000200. The van der Waals surface area contributed by atoms with Crippen LogP contribution in [0.4, 0.5) is 4.39 Å². The van der Waals surface area contributed by atoms with E-state index in [0.29, 0.717) is 13.1 Å². The smallest absolute Gasteiger partial charge is 0.243 e. The molecule has 20 heavy (non-hydrogen) atoms. The third-order valence-electron chi connectivity index (χ3n) is 3.73. The summed E-state index contributed by atoms with van der Waals surface area (Å²) >= 11 is 0. The molecule has 2 N–H and O–H groups in total. The second kappa shape index (κ2) is 6.85. The summed E-state index contributed by atoms with van der Waals surface area (Å²) in [5.74, 6) is -0.199. The first kappa shape index (κ1) is 17.4. The average Bonchev–Trinajstić information content (AvgIpc) is 2.39. The van der Waals surface area contributed by atoms with Gasteiger partial charge in [0, 0.05) is 19.1 Å². The van der Waals surface area contributed by atoms with E-state index in [1.807, 2.05) is 6.92 Å². The van der Waals surface area contributed by atoms with Crippen LogP contribution in [0.1, 0.15) is 19.8 Å². The fraction of sp³-hybridized carbons (Fsp3) is 0.538. The summed E-state index contributed by atoms with van der Waals surface area (Å²) in [5.41, 5.74) is 5.72. The van der Waals surface area contributed by atoms with E-state index in [-0.39, 0.29) is 29.3 Å². The van der Waals surface area contributed by atoms with Gasteiger partial charge in [-0.1, -0.05) is 6.92 Å². The number of hydrogen-bond donors (Lipinski definition) is 1. The summed E-state index contributed by atoms with van der Waals surface area (Å²) in [5, 5.41) is 0. The number of sulfonamides is 1. The summed E-state index contributed by atoms with van der Waals surface area (Å²) in [6.07, 6.45) is 1.81. The third-order valence-corrected chi connectivity index (χ3v) is 5.67. The van der Waals surface area contributed by atoms with Gasteiger partial charge in [0.05, 0.1) is 4.90 Å². The molecule has 0 amide bonds. The molecule has 0 aliphatic carbocycles. The van der Waals surface area contributed by atoms with Crippen LogP contribution in [0.2, 0.25) is 0 Å². The Kier molecular flexibility index (Phi) is 5.94. The zero-order valence-corrected chi connectivity index (χ0v) is 13.0. The lowest BCUT2D eigenvalue weighted by Gasteiger charge is -2.38. The van der Waals surface area contributed by atoms with Gasteiger partial charge in [0.15, 0.2) is 0 Å². The molecule has 4 nitrogen and oxygen atoms in total. The molecule has 1 fully saturated rings. The summed E-state index contributed by atoms with van der Waals surface area (Å²) in [6, 6.07) is 4.76. The molecule has 2 unspecified atom stereocenters. The van der Waals surface area contributed by atoms with E-state index in [1.165, 1.54) is 16.4 Å². The highest BCUT2D eigenvalue weighted by Crippen LogP contribution is 2.28. The Morgan fingerprint density at radius 1 is 1.35 bits per heavy atom. The Labute approximate surface area is 125 Å². The third kappa shape index (κ3) is 3.31. The van der Waals surface area contributed by atoms with Crippen LogP contribution in [0.5, 0.6) is 0 Å². The molecule has 1 aromatic carbocycles. The lowest BCUT2D eigenvalue weighted by molar-refractivity contribution is 0.192. The number of nitrogens with two attached hydrogens (primary N) is 1. The largest absolute Gasteiger partial charge is 0.329 e. The summed E-state index contributed by atoms with van der Waals surface area (Å²) in [4.78, 5) is 0.126. The van der Waals surface area contributed by atoms with Gasteiger partial charge in [-0.2, -0.15) is 4.31 Å². The van der Waals surface area contributed by atoms with Crippen molar-refractivity contribution >= 4 is 22.4 Å². The zero-order chi connectivity index (χ0) is 14.0. The second-order valence-corrected chi connectivity index (χ2v) is 6.88. The van der Waals surface area contributed by atoms with Crippen molar-refractivity contribution in [2.24, 2.45) is 11.7 Å². The van der Waals surface area contributed by atoms with Crippen LogP contribution in [-0.2, 0) is 10.0 Å². The first-order valence-electron chi connectivity index (χ1n) is 6.44. The SMILES string of the molecule is CC1CCCN(S(=O)(=O)c2ccc(F)cc2)C1CN.Cl. The quantitative estimate of drug-likeness (QED) is 0.925. The lowest BCUT2D eigenvalue weighted by atomic mass is 9.93. The first-order valence-corrected chi connectivity index (χ1v) is 7.88. The number of rotatable bonds is 3. The summed E-state index contributed by atoms with van der Waals surface area (Å²) in [6.45, 7) is 2.80. The van der Waals surface area contributed by atoms with Crippen molar-refractivity contribution in [3.05, 3.63) is 30.1 Å². The van der Waals surface area contributed by atoms with E-state index in [2.05, 4.69) is 0 Å². The van der Waals surface area contributed by atoms with E-state index in [0.717, 1.165) is 25.0 Å². The number of benzene rings is 1. The fourth-order valence-electron chi connectivity index (χ4n) is 2.60. The van der Waals surface area contributed by atoms with Crippen LogP contribution in [0.3, 0.4) is 0 Å². The van der Waals surface area contributed by atoms with Crippen LogP contribution in [0.15, 0.2) is 29.2 Å². The van der Waals surface area contributed by atoms with Crippen LogP contribution >= 0.6 is 12.4 Å². The molecular formula is C13H20ClFN2O2S. The van der Waals surface area contributed by atoms with Crippen molar-refractivity contribution < 1.29 is 12.8 Å². The first-order chi connectivity index (χ1) is 8.96. The number of piperidine rings is 1. The molecule has 1 aliphatic heterocycles. The summed E-state index contributed by atoms with van der Waals surface area (Å²) < 4.78 is 39.5. The maximum absolute atomic E-state index is 12.9. The van der Waals surface area contributed by atoms with Gasteiger partial charge >= 0.3 is 0 Å². The van der Waals surface area contributed by atoms with E-state index in [9.17, 15) is 12.8 Å². The number of halogens is 2. The Morgan fingerprint density at radius 3 is 2.50 bits per heavy atom. The van der Waals surface area contributed by atoms with Gasteiger partial charge in [-0.05, 0) is 43.0 Å². The van der Waals surface area contributed by atoms with E-state index in [1.54, 1.807) is 0 Å². The van der Waals surface area contributed by atoms with Crippen molar-refractivity contribution in [1.29, 1.82) is 0 Å². The molecule has 7 heteroatoms. The van der Waals surface area contributed by atoms with E-state index < -0.39 is 15.8 Å². The molecule has 0 bridgehead atoms. The molecule has 1 aliphatic rings. The monoisotopic (exact) mass is 322 g/mol. The Bertz CT molecular complexity index is 536. The van der Waals surface area contributed by atoms with Gasteiger partial charge < -0.3 is 5.73 Å². The van der Waals surface area contributed by atoms with Gasteiger partial charge in [-0.15, -0.1) is 12.4 Å². The molecule has 0 saturated carbocycles. The minimum absolute atomic E-state index is 0. The molecule has 114 valence electrons. The van der Waals surface area contributed by atoms with Crippen molar-refractivity contribution in [2.75, 3.05) is 13.1 Å². The predicted octanol–water partition coefficient (Wildman–Crippen LogP) is 2.00. The molecule has 0 aromatic heterocycles. The van der Waals surface area contributed by atoms with Gasteiger partial charge in [-0.25, -0.2) is 12.8 Å². The van der Waals surface area contributed by atoms with Gasteiger partial charge in [0.25, 0.3) is 0 Å². The lowest BCUT2D eigenvalue weighted by Crippen LogP contribution is -2.51. The Hall–Kier alpha value is -0.690. The molecule has 2 rings (SSSR count). The van der Waals surface area contributed by atoms with Crippen molar-refractivity contribution in [2.45, 2.75) is 30.7 Å². The maximum atomic E-state index is 12.9. The predicted molar refractivity (Wildman–Crippen MR) is 78.8 cm³/mol. The molecule has 2 atom stereocenters. The van der Waals surface area contributed by atoms with Gasteiger partial charge in [0.1, 0.15) is 5.82 Å². The van der Waals surface area contributed by atoms with Gasteiger partial charge in [0.2, 0.25) is 10.0 Å². The van der Waals surface area contributed by atoms with E-state index in [4.69, 9.17) is 5.73 Å². The Morgan fingerprint density at radius 2 is 1.95 bits per heavy atom. The number of nitrogens with zero attached hydrogens (tertiary/aromatic N) is 1. The van der Waals surface area contributed by atoms with Crippen LogP contribution in [-0.4, -0.2) is 31.9 Å². The molecule has 0 spiro atoms. The van der Waals surface area contributed by atoms with Gasteiger partial charge in [-0.3, -0.25) is 0 Å². The van der Waals surface area contributed by atoms with Crippen LogP contribution in [0, 0.1) is 11.7 Å². The highest BCUT2D eigenvalue weighted by atomic mass is 35.5. The molecule has 1 saturated heterocycles. The summed E-state index contributed by atoms with van der Waals surface area (Å²) in [7, 11) is -3.59. The zero-order valence-electron chi connectivity index (χ0n) is 11.3. The molecule has 1 aromatic rings. The molecule has 0 radical (unpaired) electrons. The molecule has 1 heterocycles. The minimum atomic E-state index is -3.59. The second-order valence-electron chi connectivity index (χ2n) is 4.99. The van der Waals surface area contributed by atoms with Crippen molar-refractivity contribution in [3.8, 4) is 0 Å². The van der Waals surface area contributed by atoms with E-state index >= 15 is 0 Å².